The Morgan fingerprint density at radius 1 is 1.17 bits per heavy atom. The van der Waals surface area contributed by atoms with Crippen molar-refractivity contribution in [2.45, 2.75) is 63.8 Å². The van der Waals surface area contributed by atoms with E-state index in [1.54, 1.807) is 31.2 Å². The number of carbonyl (C=O) groups is 2. The molecule has 0 saturated heterocycles. The lowest BCUT2D eigenvalue weighted by Gasteiger charge is -2.36. The van der Waals surface area contributed by atoms with Crippen molar-refractivity contribution in [2.24, 2.45) is 5.92 Å². The van der Waals surface area contributed by atoms with Crippen molar-refractivity contribution in [3.63, 3.8) is 0 Å². The molecule has 0 saturated carbocycles. The van der Waals surface area contributed by atoms with Crippen LogP contribution >= 0.6 is 0 Å². The van der Waals surface area contributed by atoms with E-state index < -0.39 is 17.4 Å². The van der Waals surface area contributed by atoms with Gasteiger partial charge in [0, 0.05) is 12.3 Å². The molecule has 128 valence electrons. The number of aliphatic carboxylic acids is 1. The summed E-state index contributed by atoms with van der Waals surface area (Å²) in [6.07, 6.45) is 16.7. The minimum absolute atomic E-state index is 0.106. The summed E-state index contributed by atoms with van der Waals surface area (Å²) in [5.41, 5.74) is -0.907. The topological polar surface area (TPSA) is 69.2 Å². The first-order valence-corrected chi connectivity index (χ1v) is 8.48. The van der Waals surface area contributed by atoms with Gasteiger partial charge in [-0.05, 0) is 26.2 Å². The Bertz CT molecular complexity index is 467. The van der Waals surface area contributed by atoms with Gasteiger partial charge in [-0.3, -0.25) is 4.79 Å². The van der Waals surface area contributed by atoms with Crippen LogP contribution in [0.15, 0.2) is 37.0 Å². The lowest BCUT2D eigenvalue weighted by Crippen LogP contribution is -2.55. The maximum absolute atomic E-state index is 12.1. The second-order valence-electron chi connectivity index (χ2n) is 6.32. The van der Waals surface area contributed by atoms with Crippen molar-refractivity contribution >= 4 is 11.9 Å². The number of amides is 1. The molecule has 23 heavy (non-hydrogen) atoms. The first-order chi connectivity index (χ1) is 11.0. The van der Waals surface area contributed by atoms with Gasteiger partial charge in [0.25, 0.3) is 0 Å². The number of carbonyl (C=O) groups excluding carboxylic acids is 2. The summed E-state index contributed by atoms with van der Waals surface area (Å²) in [6, 6.07) is 0. The lowest BCUT2D eigenvalue weighted by atomic mass is 9.82. The molecule has 0 aliphatic heterocycles. The summed E-state index contributed by atoms with van der Waals surface area (Å²) < 4.78 is 0. The molecule has 1 N–H and O–H groups in total. The number of hydrogen-bond donors (Lipinski definition) is 1. The van der Waals surface area contributed by atoms with Gasteiger partial charge in [-0.1, -0.05) is 56.1 Å². The molecule has 0 aromatic carbocycles. The molecule has 1 rings (SSSR count). The Morgan fingerprint density at radius 2 is 1.83 bits per heavy atom. The number of allylic oxidation sites excluding steroid dienone is 3. The van der Waals surface area contributed by atoms with E-state index in [0.29, 0.717) is 6.42 Å². The van der Waals surface area contributed by atoms with E-state index in [1.807, 2.05) is 6.08 Å². The molecule has 0 spiro atoms. The molecular formula is C19H28NO3-. The van der Waals surface area contributed by atoms with E-state index >= 15 is 0 Å². The first kappa shape index (κ1) is 19.2. The zero-order valence-corrected chi connectivity index (χ0v) is 14.1. The maximum atomic E-state index is 12.1. The molecular weight excluding hydrogens is 290 g/mol. The normalized spacial score (nSPS) is 22.7. The zero-order chi connectivity index (χ0) is 17.1. The van der Waals surface area contributed by atoms with E-state index in [9.17, 15) is 14.7 Å². The molecule has 1 amide bonds. The van der Waals surface area contributed by atoms with Gasteiger partial charge in [-0.25, -0.2) is 0 Å². The molecule has 0 aromatic rings. The number of nitrogens with one attached hydrogen (secondary N) is 1. The Kier molecular flexibility index (Phi) is 8.38. The number of rotatable bonds is 11. The summed E-state index contributed by atoms with van der Waals surface area (Å²) in [7, 11) is 0. The molecule has 2 unspecified atom stereocenters. The van der Waals surface area contributed by atoms with Crippen molar-refractivity contribution in [1.82, 2.24) is 5.32 Å². The molecule has 1 aliphatic carbocycles. The molecule has 0 heterocycles. The van der Waals surface area contributed by atoms with Gasteiger partial charge in [-0.15, -0.1) is 6.58 Å². The van der Waals surface area contributed by atoms with Crippen LogP contribution in [0.25, 0.3) is 0 Å². The van der Waals surface area contributed by atoms with Gasteiger partial charge in [0.15, 0.2) is 0 Å². The van der Waals surface area contributed by atoms with E-state index in [1.165, 1.54) is 19.3 Å². The number of carboxylic acid groups (broad SMARTS) is 1. The third-order valence-corrected chi connectivity index (χ3v) is 4.23. The molecule has 4 heteroatoms. The standard InChI is InChI=1S/C19H29NO3/c1-3-4-5-6-7-8-9-10-14-17(21)20-19(2)15-12-11-13-16(19)18(22)23/h3,11-13,15-16H,1,4-10,14H2,2H3,(H,20,21)(H,22,23)/p-1. The number of carboxylic acids is 1. The molecule has 0 bridgehead atoms. The lowest BCUT2D eigenvalue weighted by molar-refractivity contribution is -0.311. The monoisotopic (exact) mass is 318 g/mol. The number of unbranched alkanes of at least 4 members (excludes halogenated alkanes) is 6. The van der Waals surface area contributed by atoms with Crippen molar-refractivity contribution in [3.8, 4) is 0 Å². The van der Waals surface area contributed by atoms with Crippen molar-refractivity contribution in [2.75, 3.05) is 0 Å². The van der Waals surface area contributed by atoms with Gasteiger partial charge in [0.05, 0.1) is 11.5 Å². The van der Waals surface area contributed by atoms with E-state index in [0.717, 1.165) is 25.7 Å². The van der Waals surface area contributed by atoms with Crippen LogP contribution < -0.4 is 10.4 Å². The van der Waals surface area contributed by atoms with Crippen LogP contribution in [-0.4, -0.2) is 17.4 Å². The Hall–Kier alpha value is -1.84. The highest BCUT2D eigenvalue weighted by Crippen LogP contribution is 2.24. The highest BCUT2D eigenvalue weighted by molar-refractivity contribution is 5.80. The van der Waals surface area contributed by atoms with Crippen molar-refractivity contribution in [3.05, 3.63) is 37.0 Å². The van der Waals surface area contributed by atoms with Crippen LogP contribution in [0.1, 0.15) is 58.3 Å². The van der Waals surface area contributed by atoms with Crippen LogP contribution in [-0.2, 0) is 9.59 Å². The van der Waals surface area contributed by atoms with Gasteiger partial charge in [-0.2, -0.15) is 0 Å². The summed E-state index contributed by atoms with van der Waals surface area (Å²) in [4.78, 5) is 23.3. The smallest absolute Gasteiger partial charge is 0.220 e. The fourth-order valence-corrected chi connectivity index (χ4v) is 2.82. The van der Waals surface area contributed by atoms with Gasteiger partial charge in [0.2, 0.25) is 5.91 Å². The second kappa shape index (κ2) is 10.0. The minimum Gasteiger partial charge on any atom is -0.549 e. The molecule has 0 fully saturated rings. The predicted octanol–water partition coefficient (Wildman–Crippen LogP) is 2.66. The molecule has 4 nitrogen and oxygen atoms in total. The van der Waals surface area contributed by atoms with E-state index in [4.69, 9.17) is 0 Å². The third-order valence-electron chi connectivity index (χ3n) is 4.23. The molecule has 2 atom stereocenters. The van der Waals surface area contributed by atoms with E-state index in [2.05, 4.69) is 11.9 Å². The zero-order valence-electron chi connectivity index (χ0n) is 14.1. The summed E-state index contributed by atoms with van der Waals surface area (Å²) in [6.45, 7) is 5.42. The van der Waals surface area contributed by atoms with Crippen molar-refractivity contribution < 1.29 is 14.7 Å². The largest absolute Gasteiger partial charge is 0.549 e. The highest BCUT2D eigenvalue weighted by atomic mass is 16.4. The Morgan fingerprint density at radius 3 is 2.48 bits per heavy atom. The first-order valence-electron chi connectivity index (χ1n) is 8.48. The fraction of sp³-hybridized carbons (Fsp3) is 0.579. The average Bonchev–Trinajstić information content (AvgIpc) is 2.49. The van der Waals surface area contributed by atoms with Crippen LogP contribution in [0, 0.1) is 5.92 Å². The molecule has 0 radical (unpaired) electrons. The van der Waals surface area contributed by atoms with Crippen LogP contribution in [0.5, 0.6) is 0 Å². The summed E-state index contributed by atoms with van der Waals surface area (Å²) in [5, 5.41) is 14.0. The molecule has 1 aliphatic rings. The van der Waals surface area contributed by atoms with Gasteiger partial charge >= 0.3 is 0 Å². The predicted molar refractivity (Wildman–Crippen MR) is 90.5 cm³/mol. The Labute approximate surface area is 139 Å². The van der Waals surface area contributed by atoms with Gasteiger partial charge in [0.1, 0.15) is 0 Å². The summed E-state index contributed by atoms with van der Waals surface area (Å²) >= 11 is 0. The van der Waals surface area contributed by atoms with Crippen LogP contribution in [0.2, 0.25) is 0 Å². The fourth-order valence-electron chi connectivity index (χ4n) is 2.82. The second-order valence-corrected chi connectivity index (χ2v) is 6.32. The third kappa shape index (κ3) is 6.85. The van der Waals surface area contributed by atoms with Crippen molar-refractivity contribution in [1.29, 1.82) is 0 Å². The summed E-state index contributed by atoms with van der Waals surface area (Å²) in [5.74, 6) is -2.11. The molecule has 0 aromatic heterocycles. The van der Waals surface area contributed by atoms with Crippen LogP contribution in [0.4, 0.5) is 0 Å². The quantitative estimate of drug-likeness (QED) is 0.470. The van der Waals surface area contributed by atoms with Crippen LogP contribution in [0.3, 0.4) is 0 Å². The SMILES string of the molecule is C=CCCCCCCCCC(=O)NC1(C)C=CC=CC1C(=O)[O-]. The highest BCUT2D eigenvalue weighted by Gasteiger charge is 2.33. The number of hydrogen-bond acceptors (Lipinski definition) is 3. The van der Waals surface area contributed by atoms with Gasteiger partial charge < -0.3 is 15.2 Å². The Balaban J connectivity index is 2.25. The average molecular weight is 318 g/mol. The minimum atomic E-state index is -1.17. The maximum Gasteiger partial charge on any atom is 0.220 e. The van der Waals surface area contributed by atoms with E-state index in [-0.39, 0.29) is 5.91 Å².